The molecule has 1 aromatic carbocycles. The van der Waals surface area contributed by atoms with Crippen molar-refractivity contribution in [1.82, 2.24) is 19.7 Å². The van der Waals surface area contributed by atoms with E-state index in [0.717, 1.165) is 18.7 Å². The van der Waals surface area contributed by atoms with Gasteiger partial charge in [-0.1, -0.05) is 0 Å². The van der Waals surface area contributed by atoms with Crippen LogP contribution in [0.3, 0.4) is 0 Å². The molecule has 3 heterocycles. The van der Waals surface area contributed by atoms with Gasteiger partial charge in [-0.3, -0.25) is 0 Å². The van der Waals surface area contributed by atoms with Crippen LogP contribution in [0.1, 0.15) is 34.3 Å². The molecular weight excluding hydrogens is 371 g/mol. The van der Waals surface area contributed by atoms with Gasteiger partial charge in [0.1, 0.15) is 29.5 Å². The summed E-state index contributed by atoms with van der Waals surface area (Å²) >= 11 is 0. The van der Waals surface area contributed by atoms with E-state index in [2.05, 4.69) is 21.3 Å². The number of hydrogen-bond acceptors (Lipinski definition) is 6. The van der Waals surface area contributed by atoms with Crippen LogP contribution in [-0.2, 0) is 7.05 Å². The smallest absolute Gasteiger partial charge is 0.212 e. The lowest BCUT2D eigenvalue weighted by atomic mass is 9.93. The summed E-state index contributed by atoms with van der Waals surface area (Å²) in [6.07, 6.45) is 4.63. The number of ether oxygens (including phenoxy) is 1. The minimum Gasteiger partial charge on any atom is -0.495 e. The van der Waals surface area contributed by atoms with Gasteiger partial charge in [-0.15, -0.1) is 10.2 Å². The van der Waals surface area contributed by atoms with Crippen LogP contribution in [0, 0.1) is 17.3 Å². The summed E-state index contributed by atoms with van der Waals surface area (Å²) in [5, 5.41) is 18.1. The number of aromatic nitrogens is 4. The van der Waals surface area contributed by atoms with Gasteiger partial charge < -0.3 is 14.2 Å². The van der Waals surface area contributed by atoms with E-state index in [4.69, 9.17) is 8.85 Å². The molecule has 7 nitrogen and oxygen atoms in total. The average molecular weight is 395 g/mol. The van der Waals surface area contributed by atoms with Gasteiger partial charge in [0.05, 0.1) is 16.8 Å². The molecule has 0 unspecified atom stereocenters. The highest BCUT2D eigenvalue weighted by Gasteiger charge is 2.28. The first kappa shape index (κ1) is 15.5. The third-order valence-electron chi connectivity index (χ3n) is 5.32. The summed E-state index contributed by atoms with van der Waals surface area (Å²) in [7, 11) is -0.787. The summed E-state index contributed by atoms with van der Waals surface area (Å²) in [6.45, 7) is 1.23. The molecule has 0 saturated carbocycles. The van der Waals surface area contributed by atoms with Gasteiger partial charge in [0.2, 0.25) is 5.95 Å². The van der Waals surface area contributed by atoms with Gasteiger partial charge in [0.25, 0.3) is 0 Å². The number of nitrogens with zero attached hydrogens (tertiary/aromatic N) is 6. The normalized spacial score (nSPS) is 16.6. The number of aryl methyl sites for hydroxylation is 1. The molecule has 8 heteroatoms. The molecule has 0 radical (unpaired) electrons. The Hall–Kier alpha value is -3.47. The van der Waals surface area contributed by atoms with Crippen LogP contribution in [0.25, 0.3) is 11.1 Å². The second kappa shape index (κ2) is 7.87. The number of methoxy groups -OCH3 is 1. The quantitative estimate of drug-likeness (QED) is 0.631. The molecule has 0 aliphatic carbocycles. The molecule has 0 spiro atoms. The van der Waals surface area contributed by atoms with Crippen molar-refractivity contribution in [3.05, 3.63) is 54.1 Å². The minimum atomic E-state index is -2.69. The summed E-state index contributed by atoms with van der Waals surface area (Å²) in [5.74, 6) is 0.508. The lowest BCUT2D eigenvalue weighted by Gasteiger charge is -2.35. The third kappa shape index (κ3) is 3.51. The highest BCUT2D eigenvalue weighted by molar-refractivity contribution is 5.85. The lowest BCUT2D eigenvalue weighted by molar-refractivity contribution is 0.413. The zero-order chi connectivity index (χ0) is 22.9. The van der Waals surface area contributed by atoms with Gasteiger partial charge >= 0.3 is 0 Å². The van der Waals surface area contributed by atoms with E-state index < -0.39 is 13.0 Å². The number of nitriles is 1. The van der Waals surface area contributed by atoms with Crippen molar-refractivity contribution >= 4 is 5.69 Å². The van der Waals surface area contributed by atoms with Crippen molar-refractivity contribution in [1.29, 1.82) is 5.26 Å². The Balaban J connectivity index is 1.74. The molecule has 29 heavy (non-hydrogen) atoms. The third-order valence-corrected chi connectivity index (χ3v) is 5.32. The maximum atomic E-state index is 13.4. The standard InChI is InChI=1S/C21H21FN6O/c1-27-13-25-26-21(27)14-7-9-28(10-8-14)20-16(15-3-6-19(22)24-12-15)4-5-18(29-2)17(20)11-23/h3-6,12-14H,7-10H2,1-2H3/i2D3. The molecule has 3 aromatic rings. The molecular formula is C21H21FN6O. The first-order chi connectivity index (χ1) is 15.3. The Kier molecular flexibility index (Phi) is 4.20. The monoisotopic (exact) mass is 395 g/mol. The van der Waals surface area contributed by atoms with E-state index >= 15 is 0 Å². The van der Waals surface area contributed by atoms with Crippen LogP contribution in [0.5, 0.6) is 5.75 Å². The summed E-state index contributed by atoms with van der Waals surface area (Å²) < 4.78 is 42.7. The van der Waals surface area contributed by atoms with E-state index in [9.17, 15) is 9.65 Å². The lowest BCUT2D eigenvalue weighted by Crippen LogP contribution is -2.34. The van der Waals surface area contributed by atoms with E-state index in [1.807, 2.05) is 16.5 Å². The number of hydrogen-bond donors (Lipinski definition) is 0. The number of piperidine rings is 1. The van der Waals surface area contributed by atoms with Crippen LogP contribution in [0.4, 0.5) is 10.1 Å². The number of halogens is 1. The summed E-state index contributed by atoms with van der Waals surface area (Å²) in [5.41, 5.74) is 1.96. The molecule has 0 amide bonds. The number of rotatable bonds is 4. The predicted molar refractivity (Wildman–Crippen MR) is 106 cm³/mol. The Bertz CT molecular complexity index is 1150. The SMILES string of the molecule is [2H]C([2H])([2H])Oc1ccc(-c2ccc(F)nc2)c(N2CCC(c3nncn3C)CC2)c1C#N. The van der Waals surface area contributed by atoms with Crippen LogP contribution in [0.15, 0.2) is 36.8 Å². The molecule has 1 fully saturated rings. The predicted octanol–water partition coefficient (Wildman–Crippen LogP) is 3.28. The maximum Gasteiger partial charge on any atom is 0.212 e. The number of anilines is 1. The molecule has 1 aliphatic rings. The molecule has 0 bridgehead atoms. The van der Waals surface area contributed by atoms with Crippen LogP contribution < -0.4 is 9.64 Å². The highest BCUT2D eigenvalue weighted by atomic mass is 19.1. The number of benzene rings is 1. The molecule has 1 aliphatic heterocycles. The Morgan fingerprint density at radius 1 is 1.28 bits per heavy atom. The zero-order valence-electron chi connectivity index (χ0n) is 18.8. The first-order valence-corrected chi connectivity index (χ1v) is 9.23. The van der Waals surface area contributed by atoms with Crippen LogP contribution >= 0.6 is 0 Å². The van der Waals surface area contributed by atoms with Crippen molar-refractivity contribution < 1.29 is 13.2 Å². The van der Waals surface area contributed by atoms with Crippen molar-refractivity contribution in [3.8, 4) is 22.9 Å². The van der Waals surface area contributed by atoms with Crippen molar-refractivity contribution in [2.75, 3.05) is 25.0 Å². The topological polar surface area (TPSA) is 79.9 Å². The van der Waals surface area contributed by atoms with E-state index in [1.165, 1.54) is 18.3 Å². The summed E-state index contributed by atoms with van der Waals surface area (Å²) in [6, 6.07) is 8.09. The van der Waals surface area contributed by atoms with Gasteiger partial charge in [-0.05, 0) is 37.1 Å². The Morgan fingerprint density at radius 2 is 2.10 bits per heavy atom. The molecule has 148 valence electrons. The first-order valence-electron chi connectivity index (χ1n) is 10.7. The maximum absolute atomic E-state index is 13.4. The van der Waals surface area contributed by atoms with Crippen LogP contribution in [0.2, 0.25) is 0 Å². The molecule has 0 N–H and O–H groups in total. The van der Waals surface area contributed by atoms with Crippen molar-refractivity contribution in [3.63, 3.8) is 0 Å². The second-order valence-corrected chi connectivity index (χ2v) is 6.98. The van der Waals surface area contributed by atoms with E-state index in [1.54, 1.807) is 18.5 Å². The Morgan fingerprint density at radius 3 is 2.72 bits per heavy atom. The van der Waals surface area contributed by atoms with E-state index in [0.29, 0.717) is 29.9 Å². The number of pyridine rings is 1. The Labute approximate surface area is 172 Å². The van der Waals surface area contributed by atoms with E-state index in [-0.39, 0.29) is 17.2 Å². The van der Waals surface area contributed by atoms with Gasteiger partial charge in [0, 0.05) is 43.4 Å². The fourth-order valence-corrected chi connectivity index (χ4v) is 3.89. The molecule has 0 atom stereocenters. The van der Waals surface area contributed by atoms with Crippen LogP contribution in [-0.4, -0.2) is 39.9 Å². The van der Waals surface area contributed by atoms with Gasteiger partial charge in [0.15, 0.2) is 0 Å². The van der Waals surface area contributed by atoms with Crippen molar-refractivity contribution in [2.45, 2.75) is 18.8 Å². The average Bonchev–Trinajstić information content (AvgIpc) is 3.19. The van der Waals surface area contributed by atoms with Crippen molar-refractivity contribution in [2.24, 2.45) is 7.05 Å². The highest BCUT2D eigenvalue weighted by Crippen LogP contribution is 2.41. The largest absolute Gasteiger partial charge is 0.495 e. The zero-order valence-corrected chi connectivity index (χ0v) is 15.8. The minimum absolute atomic E-state index is 0.0169. The van der Waals surface area contributed by atoms with Gasteiger partial charge in [-0.2, -0.15) is 9.65 Å². The molecule has 2 aromatic heterocycles. The fourth-order valence-electron chi connectivity index (χ4n) is 3.89. The molecule has 1 saturated heterocycles. The second-order valence-electron chi connectivity index (χ2n) is 6.98. The molecule has 4 rings (SSSR count). The summed E-state index contributed by atoms with van der Waals surface area (Å²) in [4.78, 5) is 5.77. The fraction of sp³-hybridized carbons (Fsp3) is 0.333. The van der Waals surface area contributed by atoms with Gasteiger partial charge in [-0.25, -0.2) is 4.98 Å².